The molecule has 0 heterocycles. The van der Waals surface area contributed by atoms with Gasteiger partial charge in [0.25, 0.3) is 5.91 Å². The molecule has 0 aliphatic carbocycles. The summed E-state index contributed by atoms with van der Waals surface area (Å²) in [4.78, 5) is 14.0. The minimum absolute atomic E-state index is 0.196. The van der Waals surface area contributed by atoms with Crippen LogP contribution in [-0.4, -0.2) is 31.6 Å². The maximum atomic E-state index is 13.7. The highest BCUT2D eigenvalue weighted by atomic mass is 19.1. The van der Waals surface area contributed by atoms with E-state index >= 15 is 0 Å². The van der Waals surface area contributed by atoms with Gasteiger partial charge in [-0.3, -0.25) is 4.79 Å². The second kappa shape index (κ2) is 7.63. The van der Waals surface area contributed by atoms with E-state index in [-0.39, 0.29) is 18.3 Å². The summed E-state index contributed by atoms with van der Waals surface area (Å²) >= 11 is 0. The van der Waals surface area contributed by atoms with E-state index in [0.717, 1.165) is 0 Å². The fourth-order valence-corrected chi connectivity index (χ4v) is 2.25. The Kier molecular flexibility index (Phi) is 5.57. The molecule has 0 radical (unpaired) electrons. The molecule has 1 amide bonds. The molecule has 0 aromatic heterocycles. The van der Waals surface area contributed by atoms with Gasteiger partial charge in [-0.15, -0.1) is 0 Å². The van der Waals surface area contributed by atoms with Gasteiger partial charge in [-0.05, 0) is 31.2 Å². The van der Waals surface area contributed by atoms with Crippen molar-refractivity contribution in [2.24, 2.45) is 0 Å². The van der Waals surface area contributed by atoms with Crippen molar-refractivity contribution in [2.45, 2.75) is 13.5 Å². The topological polar surface area (TPSA) is 38.8 Å². The van der Waals surface area contributed by atoms with E-state index in [1.165, 1.54) is 11.0 Å². The summed E-state index contributed by atoms with van der Waals surface area (Å²) in [5, 5.41) is 0. The first-order chi connectivity index (χ1) is 11.1. The monoisotopic (exact) mass is 317 g/mol. The Balaban J connectivity index is 2.19. The van der Waals surface area contributed by atoms with Crippen LogP contribution in [0.15, 0.2) is 42.5 Å². The van der Waals surface area contributed by atoms with Gasteiger partial charge in [0, 0.05) is 24.7 Å². The molecule has 0 bridgehead atoms. The molecule has 0 unspecified atom stereocenters. The van der Waals surface area contributed by atoms with Gasteiger partial charge in [0.2, 0.25) is 0 Å². The third kappa shape index (κ3) is 4.00. The van der Waals surface area contributed by atoms with Gasteiger partial charge in [0.15, 0.2) is 11.5 Å². The number of carbonyl (C=O) groups is 1. The van der Waals surface area contributed by atoms with Crippen molar-refractivity contribution in [1.82, 2.24) is 4.90 Å². The summed E-state index contributed by atoms with van der Waals surface area (Å²) in [5.74, 6) is 0.550. The van der Waals surface area contributed by atoms with E-state index in [4.69, 9.17) is 9.47 Å². The van der Waals surface area contributed by atoms with Gasteiger partial charge >= 0.3 is 0 Å². The fraction of sp³-hybridized carbons (Fsp3) is 0.278. The van der Waals surface area contributed by atoms with Crippen molar-refractivity contribution in [1.29, 1.82) is 0 Å². The molecule has 0 saturated carbocycles. The number of methoxy groups -OCH3 is 1. The largest absolute Gasteiger partial charge is 0.493 e. The second-order valence-electron chi connectivity index (χ2n) is 5.05. The van der Waals surface area contributed by atoms with Crippen LogP contribution in [0.5, 0.6) is 11.5 Å². The summed E-state index contributed by atoms with van der Waals surface area (Å²) in [7, 11) is 3.18. The van der Waals surface area contributed by atoms with Crippen molar-refractivity contribution in [3.63, 3.8) is 0 Å². The number of benzene rings is 2. The van der Waals surface area contributed by atoms with Gasteiger partial charge < -0.3 is 14.4 Å². The summed E-state index contributed by atoms with van der Waals surface area (Å²) < 4.78 is 24.4. The Morgan fingerprint density at radius 2 is 1.91 bits per heavy atom. The minimum Gasteiger partial charge on any atom is -0.493 e. The van der Waals surface area contributed by atoms with Crippen LogP contribution in [0.4, 0.5) is 4.39 Å². The highest BCUT2D eigenvalue weighted by Crippen LogP contribution is 2.28. The lowest BCUT2D eigenvalue weighted by molar-refractivity contribution is 0.0783. The van der Waals surface area contributed by atoms with Crippen molar-refractivity contribution in [3.05, 3.63) is 59.4 Å². The predicted octanol–water partition coefficient (Wildman–Crippen LogP) is 3.51. The summed E-state index contributed by atoms with van der Waals surface area (Å²) in [6.07, 6.45) is 0. The van der Waals surface area contributed by atoms with Crippen LogP contribution < -0.4 is 9.47 Å². The molecule has 2 aromatic carbocycles. The fourth-order valence-electron chi connectivity index (χ4n) is 2.25. The van der Waals surface area contributed by atoms with Crippen LogP contribution >= 0.6 is 0 Å². The van der Waals surface area contributed by atoms with E-state index in [1.807, 2.05) is 6.92 Å². The van der Waals surface area contributed by atoms with Gasteiger partial charge in [0.05, 0.1) is 13.7 Å². The molecule has 0 atom stereocenters. The Morgan fingerprint density at radius 3 is 2.57 bits per heavy atom. The Bertz CT molecular complexity index is 688. The number of hydrogen-bond acceptors (Lipinski definition) is 3. The minimum atomic E-state index is -0.322. The van der Waals surface area contributed by atoms with Gasteiger partial charge in [-0.2, -0.15) is 0 Å². The maximum absolute atomic E-state index is 13.7. The van der Waals surface area contributed by atoms with E-state index in [2.05, 4.69) is 0 Å². The number of rotatable bonds is 6. The predicted molar refractivity (Wildman–Crippen MR) is 86.4 cm³/mol. The first-order valence-corrected chi connectivity index (χ1v) is 7.36. The van der Waals surface area contributed by atoms with Crippen molar-refractivity contribution in [3.8, 4) is 11.5 Å². The molecule has 0 aliphatic rings. The number of ether oxygens (including phenoxy) is 2. The lowest BCUT2D eigenvalue weighted by Gasteiger charge is -2.18. The Morgan fingerprint density at radius 1 is 1.17 bits per heavy atom. The van der Waals surface area contributed by atoms with Crippen LogP contribution in [-0.2, 0) is 6.54 Å². The summed E-state index contributed by atoms with van der Waals surface area (Å²) in [5.41, 5.74) is 0.940. The molecule has 0 fully saturated rings. The zero-order valence-electron chi connectivity index (χ0n) is 13.5. The van der Waals surface area contributed by atoms with Crippen LogP contribution in [0, 0.1) is 5.82 Å². The molecule has 2 rings (SSSR count). The van der Waals surface area contributed by atoms with Crippen LogP contribution in [0.3, 0.4) is 0 Å². The Labute approximate surface area is 135 Å². The normalized spacial score (nSPS) is 10.3. The van der Waals surface area contributed by atoms with Crippen molar-refractivity contribution < 1.29 is 18.7 Å². The standard InChI is InChI=1S/C18H20FNO3/c1-4-23-17-11-13(9-10-16(17)22-3)18(21)20(2)12-14-7-5-6-8-15(14)19/h5-11H,4,12H2,1-3H3. The van der Waals surface area contributed by atoms with Gasteiger partial charge in [-0.25, -0.2) is 4.39 Å². The second-order valence-corrected chi connectivity index (χ2v) is 5.05. The van der Waals surface area contributed by atoms with Crippen LogP contribution in [0.2, 0.25) is 0 Å². The van der Waals surface area contributed by atoms with Gasteiger partial charge in [-0.1, -0.05) is 18.2 Å². The number of halogens is 1. The molecular formula is C18H20FNO3. The molecule has 23 heavy (non-hydrogen) atoms. The molecule has 0 aliphatic heterocycles. The molecule has 5 heteroatoms. The Hall–Kier alpha value is -2.56. The van der Waals surface area contributed by atoms with E-state index in [1.54, 1.807) is 50.6 Å². The highest BCUT2D eigenvalue weighted by Gasteiger charge is 2.16. The van der Waals surface area contributed by atoms with E-state index in [9.17, 15) is 9.18 Å². The van der Waals surface area contributed by atoms with Crippen molar-refractivity contribution >= 4 is 5.91 Å². The first-order valence-electron chi connectivity index (χ1n) is 7.36. The number of nitrogens with zero attached hydrogens (tertiary/aromatic N) is 1. The average molecular weight is 317 g/mol. The number of carbonyl (C=O) groups excluding carboxylic acids is 1. The van der Waals surface area contributed by atoms with Crippen molar-refractivity contribution in [2.75, 3.05) is 20.8 Å². The number of hydrogen-bond donors (Lipinski definition) is 0. The smallest absolute Gasteiger partial charge is 0.254 e. The van der Waals surface area contributed by atoms with Gasteiger partial charge in [0.1, 0.15) is 5.82 Å². The quantitative estimate of drug-likeness (QED) is 0.818. The molecule has 2 aromatic rings. The molecule has 4 nitrogen and oxygen atoms in total. The van der Waals surface area contributed by atoms with Crippen LogP contribution in [0.25, 0.3) is 0 Å². The molecule has 0 saturated heterocycles. The molecule has 122 valence electrons. The highest BCUT2D eigenvalue weighted by molar-refractivity contribution is 5.94. The summed E-state index contributed by atoms with van der Waals surface area (Å²) in [6.45, 7) is 2.53. The lowest BCUT2D eigenvalue weighted by atomic mass is 10.1. The lowest BCUT2D eigenvalue weighted by Crippen LogP contribution is -2.26. The third-order valence-electron chi connectivity index (χ3n) is 3.42. The molecule has 0 spiro atoms. The maximum Gasteiger partial charge on any atom is 0.254 e. The molecule has 0 N–H and O–H groups in total. The number of amides is 1. The van der Waals surface area contributed by atoms with Crippen LogP contribution in [0.1, 0.15) is 22.8 Å². The average Bonchev–Trinajstić information content (AvgIpc) is 2.56. The zero-order valence-corrected chi connectivity index (χ0v) is 13.5. The van der Waals surface area contributed by atoms with E-state index in [0.29, 0.717) is 29.2 Å². The first kappa shape index (κ1) is 16.8. The zero-order chi connectivity index (χ0) is 16.8. The SMILES string of the molecule is CCOc1cc(C(=O)N(C)Cc2ccccc2F)ccc1OC. The van der Waals surface area contributed by atoms with E-state index < -0.39 is 0 Å². The third-order valence-corrected chi connectivity index (χ3v) is 3.42. The molecular weight excluding hydrogens is 297 g/mol. The summed E-state index contributed by atoms with van der Waals surface area (Å²) in [6, 6.07) is 11.4.